The highest BCUT2D eigenvalue weighted by Crippen LogP contribution is 2.43. The van der Waals surface area contributed by atoms with Gasteiger partial charge in [-0.15, -0.1) is 22.7 Å². The second-order valence-corrected chi connectivity index (χ2v) is 6.72. The molecule has 100 valence electrons. The van der Waals surface area contributed by atoms with Gasteiger partial charge in [0, 0.05) is 9.75 Å². The van der Waals surface area contributed by atoms with Crippen molar-refractivity contribution in [1.82, 2.24) is 0 Å². The molecule has 4 atom stereocenters. The fourth-order valence-electron chi connectivity index (χ4n) is 2.25. The van der Waals surface area contributed by atoms with E-state index in [0.29, 0.717) is 13.2 Å². The minimum atomic E-state index is 0.234. The molecule has 19 heavy (non-hydrogen) atoms. The fourth-order valence-corrected chi connectivity index (χ4v) is 3.87. The molecule has 0 bridgehead atoms. The molecule has 0 aliphatic carbocycles. The molecule has 2 aliphatic rings. The normalized spacial score (nSPS) is 32.4. The topological polar surface area (TPSA) is 34.3 Å². The Labute approximate surface area is 119 Å². The van der Waals surface area contributed by atoms with E-state index in [1.807, 2.05) is 0 Å². The summed E-state index contributed by atoms with van der Waals surface area (Å²) in [6.45, 7) is 1.33. The summed E-state index contributed by atoms with van der Waals surface area (Å²) >= 11 is 3.49. The SMILES string of the molecule is c1csc(C2OC2COCC2OC2c2cccs2)c1. The molecule has 0 radical (unpaired) electrons. The lowest BCUT2D eigenvalue weighted by atomic mass is 10.2. The zero-order valence-corrected chi connectivity index (χ0v) is 11.9. The van der Waals surface area contributed by atoms with E-state index in [-0.39, 0.29) is 24.4 Å². The van der Waals surface area contributed by atoms with Crippen LogP contribution < -0.4 is 0 Å². The molecule has 0 N–H and O–H groups in total. The molecular weight excluding hydrogens is 280 g/mol. The molecule has 4 unspecified atom stereocenters. The largest absolute Gasteiger partial charge is 0.376 e. The van der Waals surface area contributed by atoms with Crippen LogP contribution in [0.15, 0.2) is 35.0 Å². The molecule has 0 saturated carbocycles. The molecule has 3 nitrogen and oxygen atoms in total. The predicted molar refractivity (Wildman–Crippen MR) is 74.7 cm³/mol. The van der Waals surface area contributed by atoms with Crippen LogP contribution in [0.5, 0.6) is 0 Å². The Balaban J connectivity index is 1.18. The van der Waals surface area contributed by atoms with E-state index in [2.05, 4.69) is 35.0 Å². The summed E-state index contributed by atoms with van der Waals surface area (Å²) < 4.78 is 16.9. The van der Waals surface area contributed by atoms with Crippen LogP contribution in [0.25, 0.3) is 0 Å². The van der Waals surface area contributed by atoms with Crippen molar-refractivity contribution in [2.24, 2.45) is 0 Å². The first kappa shape index (κ1) is 12.1. The Morgan fingerprint density at radius 3 is 1.84 bits per heavy atom. The van der Waals surface area contributed by atoms with E-state index < -0.39 is 0 Å². The van der Waals surface area contributed by atoms with E-state index in [9.17, 15) is 0 Å². The van der Waals surface area contributed by atoms with E-state index >= 15 is 0 Å². The van der Waals surface area contributed by atoms with Gasteiger partial charge >= 0.3 is 0 Å². The first-order valence-electron chi connectivity index (χ1n) is 6.37. The van der Waals surface area contributed by atoms with Gasteiger partial charge in [-0.05, 0) is 22.9 Å². The standard InChI is InChI=1S/C14H14O3S2/c1-3-11(18-5-1)13-9(16-13)7-15-8-10-14(17-10)12-4-2-6-19-12/h1-6,9-10,13-14H,7-8H2. The van der Waals surface area contributed by atoms with Crippen molar-refractivity contribution in [3.8, 4) is 0 Å². The second kappa shape index (κ2) is 5.00. The van der Waals surface area contributed by atoms with E-state index in [1.165, 1.54) is 9.75 Å². The smallest absolute Gasteiger partial charge is 0.121 e. The minimum Gasteiger partial charge on any atom is -0.376 e. The number of rotatable bonds is 6. The fraction of sp³-hybridized carbons (Fsp3) is 0.429. The zero-order valence-electron chi connectivity index (χ0n) is 10.2. The van der Waals surface area contributed by atoms with Crippen LogP contribution in [-0.2, 0) is 14.2 Å². The van der Waals surface area contributed by atoms with Gasteiger partial charge in [0.05, 0.1) is 13.2 Å². The van der Waals surface area contributed by atoms with Gasteiger partial charge in [0.1, 0.15) is 24.4 Å². The number of epoxide rings is 2. The second-order valence-electron chi connectivity index (χ2n) is 4.76. The molecular formula is C14H14O3S2. The highest BCUT2D eigenvalue weighted by Gasteiger charge is 2.43. The van der Waals surface area contributed by atoms with Crippen LogP contribution in [0.3, 0.4) is 0 Å². The van der Waals surface area contributed by atoms with Crippen LogP contribution >= 0.6 is 22.7 Å². The lowest BCUT2D eigenvalue weighted by Crippen LogP contribution is -2.08. The van der Waals surface area contributed by atoms with Crippen LogP contribution in [0.2, 0.25) is 0 Å². The summed E-state index contributed by atoms with van der Waals surface area (Å²) in [5, 5.41) is 4.16. The molecule has 2 aliphatic heterocycles. The maximum Gasteiger partial charge on any atom is 0.121 e. The van der Waals surface area contributed by atoms with Crippen molar-refractivity contribution in [3.63, 3.8) is 0 Å². The Bertz CT molecular complexity index is 475. The Morgan fingerprint density at radius 1 is 0.895 bits per heavy atom. The monoisotopic (exact) mass is 294 g/mol. The summed E-state index contributed by atoms with van der Waals surface area (Å²) in [6, 6.07) is 8.35. The van der Waals surface area contributed by atoms with Crippen molar-refractivity contribution < 1.29 is 14.2 Å². The average molecular weight is 294 g/mol. The van der Waals surface area contributed by atoms with Crippen LogP contribution in [-0.4, -0.2) is 25.4 Å². The molecule has 2 fully saturated rings. The van der Waals surface area contributed by atoms with Crippen molar-refractivity contribution in [2.75, 3.05) is 13.2 Å². The van der Waals surface area contributed by atoms with Crippen molar-refractivity contribution in [1.29, 1.82) is 0 Å². The molecule has 0 spiro atoms. The minimum absolute atomic E-state index is 0.234. The van der Waals surface area contributed by atoms with Crippen molar-refractivity contribution in [2.45, 2.75) is 24.4 Å². The first-order valence-corrected chi connectivity index (χ1v) is 8.13. The molecule has 2 aromatic heterocycles. The molecule has 2 saturated heterocycles. The molecule has 0 aromatic carbocycles. The van der Waals surface area contributed by atoms with Gasteiger partial charge in [-0.2, -0.15) is 0 Å². The van der Waals surface area contributed by atoms with Gasteiger partial charge in [0.2, 0.25) is 0 Å². The highest BCUT2D eigenvalue weighted by molar-refractivity contribution is 7.10. The molecule has 0 amide bonds. The number of hydrogen-bond donors (Lipinski definition) is 0. The van der Waals surface area contributed by atoms with Crippen molar-refractivity contribution in [3.05, 3.63) is 44.8 Å². The van der Waals surface area contributed by atoms with Gasteiger partial charge in [0.25, 0.3) is 0 Å². The number of thiophene rings is 2. The summed E-state index contributed by atoms with van der Waals surface area (Å²) in [7, 11) is 0. The average Bonchev–Trinajstić information content (AvgIpc) is 3.21. The lowest BCUT2D eigenvalue weighted by molar-refractivity contribution is 0.102. The van der Waals surface area contributed by atoms with Crippen LogP contribution in [0.4, 0.5) is 0 Å². The van der Waals surface area contributed by atoms with Gasteiger partial charge < -0.3 is 14.2 Å². The Hall–Kier alpha value is -0.720. The van der Waals surface area contributed by atoms with Gasteiger partial charge in [-0.3, -0.25) is 0 Å². The van der Waals surface area contributed by atoms with Crippen molar-refractivity contribution >= 4 is 22.7 Å². The van der Waals surface area contributed by atoms with E-state index in [1.54, 1.807) is 22.7 Å². The molecule has 4 heterocycles. The third-order valence-electron chi connectivity index (χ3n) is 3.38. The van der Waals surface area contributed by atoms with Gasteiger partial charge in [-0.25, -0.2) is 0 Å². The molecule has 2 aromatic rings. The molecule has 5 heteroatoms. The highest BCUT2D eigenvalue weighted by atomic mass is 32.1. The van der Waals surface area contributed by atoms with Crippen LogP contribution in [0, 0.1) is 0 Å². The summed E-state index contributed by atoms with van der Waals surface area (Å²) in [6.07, 6.45) is 0.983. The zero-order chi connectivity index (χ0) is 12.7. The lowest BCUT2D eigenvalue weighted by Gasteiger charge is -1.98. The summed E-state index contributed by atoms with van der Waals surface area (Å²) in [4.78, 5) is 2.60. The quantitative estimate of drug-likeness (QED) is 0.766. The predicted octanol–water partition coefficient (Wildman–Crippen LogP) is 3.41. The molecule has 4 rings (SSSR count). The van der Waals surface area contributed by atoms with Gasteiger partial charge in [0.15, 0.2) is 0 Å². The summed E-state index contributed by atoms with van der Waals surface area (Å²) in [5.74, 6) is 0. The third kappa shape index (κ3) is 2.61. The Morgan fingerprint density at radius 2 is 1.42 bits per heavy atom. The van der Waals surface area contributed by atoms with E-state index in [4.69, 9.17) is 14.2 Å². The van der Waals surface area contributed by atoms with Crippen LogP contribution in [0.1, 0.15) is 22.0 Å². The maximum absolute atomic E-state index is 5.70. The van der Waals surface area contributed by atoms with E-state index in [0.717, 1.165) is 0 Å². The summed E-state index contributed by atoms with van der Waals surface area (Å²) in [5.41, 5.74) is 0. The number of ether oxygens (including phenoxy) is 3. The Kier molecular flexibility index (Phi) is 3.17. The third-order valence-corrected chi connectivity index (χ3v) is 5.24. The van der Waals surface area contributed by atoms with Gasteiger partial charge in [-0.1, -0.05) is 12.1 Å². The first-order chi connectivity index (χ1) is 9.42. The maximum atomic E-state index is 5.70. The number of hydrogen-bond acceptors (Lipinski definition) is 5.